The molecule has 0 aliphatic carbocycles. The average Bonchev–Trinajstić information content (AvgIpc) is 2.82. The van der Waals surface area contributed by atoms with Crippen LogP contribution >= 0.6 is 34.5 Å². The van der Waals surface area contributed by atoms with Gasteiger partial charge in [-0.3, -0.25) is 10.1 Å². The summed E-state index contributed by atoms with van der Waals surface area (Å²) in [5, 5.41) is 4.14. The van der Waals surface area contributed by atoms with Gasteiger partial charge in [-0.15, -0.1) is 0 Å². The summed E-state index contributed by atoms with van der Waals surface area (Å²) in [7, 11) is 0. The third-order valence-electron chi connectivity index (χ3n) is 3.02. The topological polar surface area (TPSA) is 42.0 Å². The number of halogens is 2. The minimum atomic E-state index is -0.298. The van der Waals surface area contributed by atoms with Gasteiger partial charge in [-0.2, -0.15) is 0 Å². The largest absolute Gasteiger partial charge is 0.298 e. The van der Waals surface area contributed by atoms with Crippen LogP contribution in [0, 0.1) is 6.92 Å². The van der Waals surface area contributed by atoms with Crippen LogP contribution in [0.5, 0.6) is 0 Å². The molecule has 0 aliphatic rings. The number of hydrogen-bond acceptors (Lipinski definition) is 3. The van der Waals surface area contributed by atoms with Crippen molar-refractivity contribution in [1.82, 2.24) is 4.98 Å². The molecular weight excluding hydrogens is 327 g/mol. The van der Waals surface area contributed by atoms with Gasteiger partial charge in [0.05, 0.1) is 20.8 Å². The molecule has 1 heterocycles. The number of nitrogens with one attached hydrogen (secondary N) is 1. The summed E-state index contributed by atoms with van der Waals surface area (Å²) in [6, 6.07) is 10.7. The SMILES string of the molecule is Cc1cccc2sc(NC(=O)c3ccc(Cl)cc3Cl)nc12. The van der Waals surface area contributed by atoms with Gasteiger partial charge in [-0.25, -0.2) is 4.98 Å². The van der Waals surface area contributed by atoms with Crippen molar-refractivity contribution >= 4 is 55.8 Å². The maximum atomic E-state index is 12.2. The number of thiazole rings is 1. The summed E-state index contributed by atoms with van der Waals surface area (Å²) < 4.78 is 1.03. The monoisotopic (exact) mass is 336 g/mol. The Hall–Kier alpha value is -1.62. The number of aryl methyl sites for hydroxylation is 1. The molecule has 6 heteroatoms. The fraction of sp³-hybridized carbons (Fsp3) is 0.0667. The van der Waals surface area contributed by atoms with E-state index in [1.807, 2.05) is 25.1 Å². The van der Waals surface area contributed by atoms with E-state index in [-0.39, 0.29) is 5.91 Å². The molecule has 21 heavy (non-hydrogen) atoms. The summed E-state index contributed by atoms with van der Waals surface area (Å²) in [6.45, 7) is 1.99. The van der Waals surface area contributed by atoms with E-state index in [0.29, 0.717) is 20.7 Å². The van der Waals surface area contributed by atoms with E-state index in [1.165, 1.54) is 11.3 Å². The lowest BCUT2D eigenvalue weighted by Crippen LogP contribution is -2.12. The fourth-order valence-corrected chi connectivity index (χ4v) is 3.41. The number of amides is 1. The molecule has 106 valence electrons. The highest BCUT2D eigenvalue weighted by Gasteiger charge is 2.13. The van der Waals surface area contributed by atoms with Crippen LogP contribution in [0.25, 0.3) is 10.2 Å². The summed E-state index contributed by atoms with van der Waals surface area (Å²) in [5.41, 5.74) is 2.35. The second-order valence-corrected chi connectivity index (χ2v) is 6.39. The molecule has 1 aromatic heterocycles. The summed E-state index contributed by atoms with van der Waals surface area (Å²) >= 11 is 13.3. The normalized spacial score (nSPS) is 10.8. The second kappa shape index (κ2) is 5.64. The summed E-state index contributed by atoms with van der Waals surface area (Å²) in [6.07, 6.45) is 0. The maximum absolute atomic E-state index is 12.2. The number of carbonyl (C=O) groups excluding carboxylic acids is 1. The van der Waals surface area contributed by atoms with Gasteiger partial charge in [0, 0.05) is 5.02 Å². The van der Waals surface area contributed by atoms with Gasteiger partial charge in [0.15, 0.2) is 5.13 Å². The minimum absolute atomic E-state index is 0.298. The zero-order chi connectivity index (χ0) is 15.0. The van der Waals surface area contributed by atoms with Crippen molar-refractivity contribution in [3.63, 3.8) is 0 Å². The minimum Gasteiger partial charge on any atom is -0.298 e. The third kappa shape index (κ3) is 2.88. The van der Waals surface area contributed by atoms with E-state index in [9.17, 15) is 4.79 Å². The number of anilines is 1. The Morgan fingerprint density at radius 2 is 2.05 bits per heavy atom. The molecule has 3 aromatic rings. The molecule has 0 saturated heterocycles. The number of carbonyl (C=O) groups is 1. The first kappa shape index (κ1) is 14.3. The lowest BCUT2D eigenvalue weighted by Gasteiger charge is -2.04. The first-order valence-corrected chi connectivity index (χ1v) is 7.74. The van der Waals surface area contributed by atoms with Crippen LogP contribution in [0.2, 0.25) is 10.0 Å². The first-order valence-electron chi connectivity index (χ1n) is 6.17. The van der Waals surface area contributed by atoms with Crippen molar-refractivity contribution in [2.75, 3.05) is 5.32 Å². The molecule has 0 bridgehead atoms. The number of aromatic nitrogens is 1. The molecule has 1 amide bonds. The van der Waals surface area contributed by atoms with Gasteiger partial charge < -0.3 is 0 Å². The zero-order valence-corrected chi connectivity index (χ0v) is 13.3. The Morgan fingerprint density at radius 3 is 2.76 bits per heavy atom. The van der Waals surface area contributed by atoms with Crippen LogP contribution in [0.3, 0.4) is 0 Å². The van der Waals surface area contributed by atoms with Crippen molar-refractivity contribution < 1.29 is 4.79 Å². The van der Waals surface area contributed by atoms with Crippen molar-refractivity contribution in [1.29, 1.82) is 0 Å². The molecule has 0 unspecified atom stereocenters. The Balaban J connectivity index is 1.91. The molecule has 0 radical (unpaired) electrons. The molecule has 0 spiro atoms. The van der Waals surface area contributed by atoms with Gasteiger partial charge in [0.1, 0.15) is 0 Å². The van der Waals surface area contributed by atoms with Crippen LogP contribution in [0.15, 0.2) is 36.4 Å². The van der Waals surface area contributed by atoms with Crippen molar-refractivity contribution in [3.05, 3.63) is 57.6 Å². The Labute approximate surface area is 135 Å². The third-order valence-corrected chi connectivity index (χ3v) is 4.50. The Bertz CT molecular complexity index is 845. The van der Waals surface area contributed by atoms with Crippen molar-refractivity contribution in [2.45, 2.75) is 6.92 Å². The quantitative estimate of drug-likeness (QED) is 0.701. The molecule has 0 fully saturated rings. The van der Waals surface area contributed by atoms with Gasteiger partial charge >= 0.3 is 0 Å². The summed E-state index contributed by atoms with van der Waals surface area (Å²) in [4.78, 5) is 16.7. The van der Waals surface area contributed by atoms with E-state index >= 15 is 0 Å². The van der Waals surface area contributed by atoms with Crippen LogP contribution in [-0.4, -0.2) is 10.9 Å². The number of fused-ring (bicyclic) bond motifs is 1. The lowest BCUT2D eigenvalue weighted by atomic mass is 10.2. The standard InChI is InChI=1S/C15H10Cl2N2OS/c1-8-3-2-4-12-13(8)18-15(21-12)19-14(20)10-6-5-9(16)7-11(10)17/h2-7H,1H3,(H,18,19,20). The first-order chi connectivity index (χ1) is 10.0. The van der Waals surface area contributed by atoms with E-state index in [0.717, 1.165) is 15.8 Å². The van der Waals surface area contributed by atoms with E-state index < -0.39 is 0 Å². The number of para-hydroxylation sites is 1. The number of benzene rings is 2. The molecule has 3 rings (SSSR count). The van der Waals surface area contributed by atoms with Gasteiger partial charge in [-0.1, -0.05) is 46.7 Å². The highest BCUT2D eigenvalue weighted by molar-refractivity contribution is 7.22. The van der Waals surface area contributed by atoms with Crippen LogP contribution in [-0.2, 0) is 0 Å². The van der Waals surface area contributed by atoms with Crippen LogP contribution in [0.4, 0.5) is 5.13 Å². The summed E-state index contributed by atoms with van der Waals surface area (Å²) in [5.74, 6) is -0.298. The van der Waals surface area contributed by atoms with Gasteiger partial charge in [-0.05, 0) is 36.8 Å². The van der Waals surface area contributed by atoms with Crippen LogP contribution in [0.1, 0.15) is 15.9 Å². The number of nitrogens with zero attached hydrogens (tertiary/aromatic N) is 1. The zero-order valence-electron chi connectivity index (χ0n) is 11.0. The Morgan fingerprint density at radius 1 is 1.24 bits per heavy atom. The smallest absolute Gasteiger partial charge is 0.258 e. The van der Waals surface area contributed by atoms with E-state index in [1.54, 1.807) is 18.2 Å². The molecule has 0 atom stereocenters. The molecular formula is C15H10Cl2N2OS. The van der Waals surface area contributed by atoms with Crippen LogP contribution < -0.4 is 5.32 Å². The van der Waals surface area contributed by atoms with Crippen molar-refractivity contribution in [2.24, 2.45) is 0 Å². The number of rotatable bonds is 2. The lowest BCUT2D eigenvalue weighted by molar-refractivity contribution is 0.102. The number of hydrogen-bond donors (Lipinski definition) is 1. The Kier molecular flexibility index (Phi) is 3.85. The fourth-order valence-electron chi connectivity index (χ4n) is 1.98. The van der Waals surface area contributed by atoms with E-state index in [2.05, 4.69) is 10.3 Å². The molecule has 0 saturated carbocycles. The predicted molar refractivity (Wildman–Crippen MR) is 88.8 cm³/mol. The molecule has 0 aliphatic heterocycles. The van der Waals surface area contributed by atoms with Gasteiger partial charge in [0.2, 0.25) is 0 Å². The average molecular weight is 337 g/mol. The predicted octanol–water partition coefficient (Wildman–Crippen LogP) is 5.16. The van der Waals surface area contributed by atoms with Crippen molar-refractivity contribution in [3.8, 4) is 0 Å². The highest BCUT2D eigenvalue weighted by Crippen LogP contribution is 2.29. The van der Waals surface area contributed by atoms with Gasteiger partial charge in [0.25, 0.3) is 5.91 Å². The second-order valence-electron chi connectivity index (χ2n) is 4.52. The molecule has 1 N–H and O–H groups in total. The van der Waals surface area contributed by atoms with E-state index in [4.69, 9.17) is 23.2 Å². The highest BCUT2D eigenvalue weighted by atomic mass is 35.5. The molecule has 2 aromatic carbocycles. The maximum Gasteiger partial charge on any atom is 0.258 e. The molecule has 3 nitrogen and oxygen atoms in total.